The van der Waals surface area contributed by atoms with Crippen LogP contribution in [0.25, 0.3) is 0 Å². The minimum absolute atomic E-state index is 0.0272. The molecule has 0 atom stereocenters. The van der Waals surface area contributed by atoms with Crippen LogP contribution in [0.2, 0.25) is 0 Å². The zero-order valence-electron chi connectivity index (χ0n) is 14.7. The maximum Gasteiger partial charge on any atom is 0.242 e. The van der Waals surface area contributed by atoms with Gasteiger partial charge >= 0.3 is 0 Å². The molecule has 0 saturated heterocycles. The van der Waals surface area contributed by atoms with E-state index in [0.29, 0.717) is 12.2 Å². The van der Waals surface area contributed by atoms with Gasteiger partial charge in [0, 0.05) is 16.2 Å². The molecule has 0 spiro atoms. The van der Waals surface area contributed by atoms with Gasteiger partial charge in [-0.05, 0) is 36.4 Å². The Morgan fingerprint density at radius 3 is 2.39 bits per heavy atom. The van der Waals surface area contributed by atoms with Crippen LogP contribution in [-0.4, -0.2) is 22.4 Å². The van der Waals surface area contributed by atoms with E-state index < -0.39 is 0 Å². The van der Waals surface area contributed by atoms with Crippen LogP contribution in [-0.2, 0) is 4.79 Å². The van der Waals surface area contributed by atoms with E-state index in [-0.39, 0.29) is 5.91 Å². The molecule has 1 aromatic heterocycles. The Morgan fingerprint density at radius 1 is 1.00 bits per heavy atom. The number of nitrogens with zero attached hydrogens (tertiary/aromatic N) is 3. The van der Waals surface area contributed by atoms with E-state index in [1.807, 2.05) is 65.6 Å². The third-order valence-corrected chi connectivity index (χ3v) is 6.53. The van der Waals surface area contributed by atoms with Crippen LogP contribution < -0.4 is 4.90 Å². The van der Waals surface area contributed by atoms with Gasteiger partial charge in [0.05, 0.1) is 23.4 Å². The lowest BCUT2D eigenvalue weighted by molar-refractivity contribution is -0.115. The minimum Gasteiger partial charge on any atom is -0.463 e. The van der Waals surface area contributed by atoms with E-state index in [0.717, 1.165) is 37.7 Å². The summed E-state index contributed by atoms with van der Waals surface area (Å²) in [5, 5.41) is 9.22. The topological polar surface area (TPSA) is 58.2 Å². The summed E-state index contributed by atoms with van der Waals surface area (Å²) >= 11 is 3.12. The zero-order chi connectivity index (χ0) is 18.9. The quantitative estimate of drug-likeness (QED) is 0.589. The molecule has 2 aliphatic rings. The number of thioether (sulfide) groups is 1. The standard InChI is InChI=1S/C21H15N3O2S2/c25-21(13-27-20-12-14(22-23-20)17-8-5-11-26-17)24-15-6-1-3-9-18(15)28-19-10-4-2-7-16(19)24/h1-11H,12-13H2. The van der Waals surface area contributed by atoms with Crippen molar-refractivity contribution >= 4 is 51.6 Å². The third-order valence-electron chi connectivity index (χ3n) is 4.45. The van der Waals surface area contributed by atoms with Crippen molar-refractivity contribution in [3.63, 3.8) is 0 Å². The van der Waals surface area contributed by atoms with Gasteiger partial charge in [0.15, 0.2) is 0 Å². The van der Waals surface area contributed by atoms with Crippen molar-refractivity contribution in [2.75, 3.05) is 10.7 Å². The minimum atomic E-state index is 0.0272. The summed E-state index contributed by atoms with van der Waals surface area (Å²) in [5.74, 6) is 1.05. The van der Waals surface area contributed by atoms with Gasteiger partial charge in [0.2, 0.25) is 5.91 Å². The fraction of sp³-hybridized carbons (Fsp3) is 0.0952. The first kappa shape index (κ1) is 17.3. The highest BCUT2D eigenvalue weighted by Crippen LogP contribution is 2.48. The number of rotatable bonds is 3. The van der Waals surface area contributed by atoms with Crippen molar-refractivity contribution in [2.24, 2.45) is 10.2 Å². The smallest absolute Gasteiger partial charge is 0.242 e. The summed E-state index contributed by atoms with van der Waals surface area (Å²) < 4.78 is 5.37. The van der Waals surface area contributed by atoms with Crippen molar-refractivity contribution in [1.29, 1.82) is 0 Å². The van der Waals surface area contributed by atoms with Gasteiger partial charge in [-0.15, -0.1) is 5.10 Å². The molecule has 0 radical (unpaired) electrons. The van der Waals surface area contributed by atoms with Crippen LogP contribution in [0.3, 0.4) is 0 Å². The normalized spacial score (nSPS) is 14.9. The van der Waals surface area contributed by atoms with Gasteiger partial charge in [-0.2, -0.15) is 5.10 Å². The van der Waals surface area contributed by atoms with Crippen LogP contribution in [0, 0.1) is 0 Å². The van der Waals surface area contributed by atoms with Crippen LogP contribution >= 0.6 is 23.5 Å². The second-order valence-electron chi connectivity index (χ2n) is 6.25. The molecule has 28 heavy (non-hydrogen) atoms. The number of carbonyl (C=O) groups is 1. The number of hydrogen-bond donors (Lipinski definition) is 0. The van der Waals surface area contributed by atoms with E-state index >= 15 is 0 Å². The molecule has 7 heteroatoms. The molecule has 5 nitrogen and oxygen atoms in total. The van der Waals surface area contributed by atoms with E-state index in [9.17, 15) is 4.79 Å². The Morgan fingerprint density at radius 2 is 1.71 bits per heavy atom. The number of para-hydroxylation sites is 2. The lowest BCUT2D eigenvalue weighted by atomic mass is 10.2. The summed E-state index contributed by atoms with van der Waals surface area (Å²) in [6, 6.07) is 19.7. The van der Waals surface area contributed by atoms with E-state index in [4.69, 9.17) is 4.42 Å². The van der Waals surface area contributed by atoms with Crippen LogP contribution in [0.4, 0.5) is 11.4 Å². The number of hydrogen-bond acceptors (Lipinski definition) is 6. The van der Waals surface area contributed by atoms with Gasteiger partial charge in [-0.1, -0.05) is 47.8 Å². The molecule has 0 N–H and O–H groups in total. The number of benzene rings is 2. The Hall–Kier alpha value is -2.77. The molecule has 1 amide bonds. The molecule has 0 saturated carbocycles. The zero-order valence-corrected chi connectivity index (χ0v) is 16.4. The average molecular weight is 406 g/mol. The molecule has 0 bridgehead atoms. The van der Waals surface area contributed by atoms with Crippen molar-refractivity contribution in [3.8, 4) is 0 Å². The van der Waals surface area contributed by atoms with Crippen LogP contribution in [0.5, 0.6) is 0 Å². The fourth-order valence-corrected chi connectivity index (χ4v) is 4.99. The first-order valence-corrected chi connectivity index (χ1v) is 10.6. The average Bonchev–Trinajstić information content (AvgIpc) is 3.42. The van der Waals surface area contributed by atoms with Crippen molar-refractivity contribution in [1.82, 2.24) is 0 Å². The monoisotopic (exact) mass is 405 g/mol. The van der Waals surface area contributed by atoms with Gasteiger partial charge in [-0.25, -0.2) is 0 Å². The van der Waals surface area contributed by atoms with Gasteiger partial charge < -0.3 is 4.42 Å². The summed E-state index contributed by atoms with van der Waals surface area (Å²) in [6.45, 7) is 0. The maximum absolute atomic E-state index is 13.2. The molecule has 3 heterocycles. The fourth-order valence-electron chi connectivity index (χ4n) is 3.17. The predicted octanol–water partition coefficient (Wildman–Crippen LogP) is 5.35. The molecule has 0 aliphatic carbocycles. The Kier molecular flexibility index (Phi) is 4.54. The summed E-state index contributed by atoms with van der Waals surface area (Å²) in [6.07, 6.45) is 2.21. The number of carbonyl (C=O) groups excluding carboxylic acids is 1. The van der Waals surface area contributed by atoms with E-state index in [2.05, 4.69) is 10.2 Å². The molecule has 138 valence electrons. The van der Waals surface area contributed by atoms with Crippen molar-refractivity contribution < 1.29 is 9.21 Å². The summed E-state index contributed by atoms with van der Waals surface area (Å²) in [4.78, 5) is 17.2. The van der Waals surface area contributed by atoms with Crippen molar-refractivity contribution in [2.45, 2.75) is 16.2 Å². The number of furan rings is 1. The maximum atomic E-state index is 13.2. The van der Waals surface area contributed by atoms with E-state index in [1.54, 1.807) is 18.0 Å². The highest BCUT2D eigenvalue weighted by Gasteiger charge is 2.28. The molecule has 3 aromatic rings. The first-order valence-electron chi connectivity index (χ1n) is 8.78. The molecular formula is C21H15N3O2S2. The number of fused-ring (bicyclic) bond motifs is 2. The third kappa shape index (κ3) is 3.16. The Balaban J connectivity index is 1.33. The SMILES string of the molecule is O=C(CSC1=NN=C(c2ccco2)C1)N1c2ccccc2Sc2ccccc21. The number of amides is 1. The van der Waals surface area contributed by atoms with Crippen LogP contribution in [0.15, 0.2) is 91.3 Å². The predicted molar refractivity (Wildman–Crippen MR) is 114 cm³/mol. The Labute approximate surface area is 170 Å². The molecule has 2 aromatic carbocycles. The molecular weight excluding hydrogens is 390 g/mol. The molecule has 0 unspecified atom stereocenters. The lowest BCUT2D eigenvalue weighted by Gasteiger charge is -2.30. The van der Waals surface area contributed by atoms with E-state index in [1.165, 1.54) is 11.8 Å². The van der Waals surface area contributed by atoms with Crippen LogP contribution in [0.1, 0.15) is 12.2 Å². The second-order valence-corrected chi connectivity index (χ2v) is 8.38. The van der Waals surface area contributed by atoms with Gasteiger partial charge in [0.1, 0.15) is 16.5 Å². The van der Waals surface area contributed by atoms with Crippen molar-refractivity contribution in [3.05, 3.63) is 72.7 Å². The highest BCUT2D eigenvalue weighted by molar-refractivity contribution is 8.14. The summed E-state index contributed by atoms with van der Waals surface area (Å²) in [7, 11) is 0. The highest BCUT2D eigenvalue weighted by atomic mass is 32.2. The molecule has 5 rings (SSSR count). The second kappa shape index (κ2) is 7.33. The van der Waals surface area contributed by atoms with Gasteiger partial charge in [-0.3, -0.25) is 9.69 Å². The van der Waals surface area contributed by atoms with Gasteiger partial charge in [0.25, 0.3) is 0 Å². The number of anilines is 2. The molecule has 2 aliphatic heterocycles. The largest absolute Gasteiger partial charge is 0.463 e. The Bertz CT molecular complexity index is 1060. The molecule has 0 fully saturated rings. The summed E-state index contributed by atoms with van der Waals surface area (Å²) in [5.41, 5.74) is 2.65. The first-order chi connectivity index (χ1) is 13.8. The lowest BCUT2D eigenvalue weighted by Crippen LogP contribution is -2.30.